The van der Waals surface area contributed by atoms with Gasteiger partial charge in [-0.05, 0) is 11.0 Å². The summed E-state index contributed by atoms with van der Waals surface area (Å²) < 4.78 is 0. The topological polar surface area (TPSA) is 0 Å². The minimum Gasteiger partial charge on any atom is -1.00 e. The van der Waals surface area contributed by atoms with Gasteiger partial charge in [-0.2, -0.15) is 0 Å². The van der Waals surface area contributed by atoms with Crippen molar-refractivity contribution in [1.29, 1.82) is 0 Å². The van der Waals surface area contributed by atoms with Crippen molar-refractivity contribution in [3.05, 3.63) is 0 Å². The van der Waals surface area contributed by atoms with E-state index >= 15 is 0 Å². The van der Waals surface area contributed by atoms with Gasteiger partial charge in [-0.3, -0.25) is 0 Å². The molecule has 0 saturated heterocycles. The molecule has 0 aliphatic heterocycles. The van der Waals surface area contributed by atoms with Crippen molar-refractivity contribution in [3.63, 3.8) is 0 Å². The van der Waals surface area contributed by atoms with Gasteiger partial charge < -0.3 is 5.71 Å². The van der Waals surface area contributed by atoms with Crippen LogP contribution in [0.1, 0.15) is 5.71 Å². The maximum Gasteiger partial charge on any atom is 2.00 e. The minimum absolute atomic E-state index is 0. The number of hydrogen-bond donors (Lipinski definition) is 0. The minimum atomic E-state index is 0. The van der Waals surface area contributed by atoms with Crippen molar-refractivity contribution in [3.8, 4) is 0 Å². The van der Waals surface area contributed by atoms with Gasteiger partial charge in [-0.25, -0.2) is 0 Å². The van der Waals surface area contributed by atoms with E-state index in [0.717, 1.165) is 0 Å². The van der Waals surface area contributed by atoms with Crippen LogP contribution in [-0.4, -0.2) is 115 Å². The van der Waals surface area contributed by atoms with Crippen LogP contribution in [0.25, 0.3) is 0 Å². The molecule has 10 heavy (non-hydrogen) atoms. The van der Waals surface area contributed by atoms with Gasteiger partial charge >= 0.3 is 86.6 Å². The first kappa shape index (κ1) is 89.6. The van der Waals surface area contributed by atoms with Crippen LogP contribution in [0.5, 0.6) is 0 Å². The molecule has 0 aliphatic rings. The van der Waals surface area contributed by atoms with Crippen LogP contribution in [0.15, 0.2) is 0 Å². The van der Waals surface area contributed by atoms with E-state index in [2.05, 4.69) is 0 Å². The number of rotatable bonds is 0. The molecule has 0 unspecified atom stereocenters. The third kappa shape index (κ3) is 60.4. The van der Waals surface area contributed by atoms with Crippen molar-refractivity contribution in [2.45, 2.75) is 0 Å². The molecule has 10 heteroatoms. The van der Waals surface area contributed by atoms with Crippen LogP contribution in [0.4, 0.5) is 0 Å². The first-order valence-electron chi connectivity index (χ1n) is 0. The Morgan fingerprint density at radius 3 is 0.800 bits per heavy atom. The molecule has 0 nitrogen and oxygen atoms in total. The van der Waals surface area contributed by atoms with Crippen LogP contribution in [0.2, 0.25) is 0 Å². The van der Waals surface area contributed by atoms with Crippen LogP contribution < -0.4 is 0 Å². The second kappa shape index (κ2) is 74.0. The van der Waals surface area contributed by atoms with Crippen LogP contribution in [-0.2, 0) is 108 Å². The number of hydrogen-bond acceptors (Lipinski definition) is 0. The quantitative estimate of drug-likeness (QED) is 0.274. The van der Waals surface area contributed by atoms with Crippen LogP contribution in [0.3, 0.4) is 0 Å². The Hall–Kier alpha value is 6.92. The molecule has 0 fully saturated rings. The Bertz CT molecular complexity index is 37.3. The Labute approximate surface area is 222 Å². The summed E-state index contributed by atoms with van der Waals surface area (Å²) in [5.41, 5.74) is 0. The van der Waals surface area contributed by atoms with Gasteiger partial charge in [0, 0.05) is 108 Å². The van der Waals surface area contributed by atoms with Gasteiger partial charge in [-0.15, -0.1) is 0 Å². The van der Waals surface area contributed by atoms with E-state index in [9.17, 15) is 0 Å². The van der Waals surface area contributed by atoms with Gasteiger partial charge in [0.15, 0.2) is 0 Å². The standard InChI is InChI=1S/Al.Ba.Ca.4Fe.Mn.Nb.H2Si.6H/h;;;;;;;;;1H2;;;;;;/q;2*+2;;;;;;;;;;4*-1. The van der Waals surface area contributed by atoms with Gasteiger partial charge in [0.25, 0.3) is 0 Å². The summed E-state index contributed by atoms with van der Waals surface area (Å²) in [6.07, 6.45) is 0. The normalized spacial score (nSPS) is 0. The van der Waals surface area contributed by atoms with Crippen LogP contribution >= 0.6 is 0 Å². The average molecular weight is 612 g/mol. The zero-order valence-corrected chi connectivity index (χ0v) is 23.2. The summed E-state index contributed by atoms with van der Waals surface area (Å²) in [4.78, 5) is 0. The second-order valence-corrected chi connectivity index (χ2v) is 0. The second-order valence-electron chi connectivity index (χ2n) is 0. The summed E-state index contributed by atoms with van der Waals surface area (Å²) >= 11 is 0. The Morgan fingerprint density at radius 2 is 0.800 bits per heavy atom. The van der Waals surface area contributed by atoms with E-state index in [-0.39, 0.29) is 228 Å². The Morgan fingerprint density at radius 1 is 0.800 bits per heavy atom. The van der Waals surface area contributed by atoms with Crippen molar-refractivity contribution in [2.75, 3.05) is 0 Å². The van der Waals surface area contributed by atoms with E-state index in [1.165, 1.54) is 0 Å². The molecular weight excluding hydrogens is 604 g/mol. The summed E-state index contributed by atoms with van der Waals surface area (Å²) in [7, 11) is 0. The average Bonchev–Trinajstić information content (AvgIpc) is 0. The molecule has 0 N–H and O–H groups in total. The third-order valence-electron chi connectivity index (χ3n) is 0. The summed E-state index contributed by atoms with van der Waals surface area (Å²) in [6.45, 7) is 0. The van der Waals surface area contributed by atoms with Crippen LogP contribution in [0, 0.1) is 0 Å². The molecule has 0 rings (SSSR count). The summed E-state index contributed by atoms with van der Waals surface area (Å²) in [6, 6.07) is 0. The zero-order valence-electron chi connectivity index (χ0n) is 9.36. The van der Waals surface area contributed by atoms with Crippen molar-refractivity contribution >= 4 is 115 Å². The third-order valence-corrected chi connectivity index (χ3v) is 0. The summed E-state index contributed by atoms with van der Waals surface area (Å²) in [5, 5.41) is 0. The molecular formula is H8AlBaCaFe4MnNbSi. The zero-order chi connectivity index (χ0) is 0. The molecule has 0 bridgehead atoms. The molecule has 0 heterocycles. The van der Waals surface area contributed by atoms with Crippen molar-refractivity contribution < 1.29 is 113 Å². The maximum absolute atomic E-state index is 0. The SMILES string of the molecule is [AlH2].[Ba+2].[Ca+2].[Fe].[Fe].[Fe].[Fe].[H-].[H-].[H-].[H-].[Mn].[Nb].[SiH2]. The summed E-state index contributed by atoms with van der Waals surface area (Å²) in [5.74, 6) is 0. The van der Waals surface area contributed by atoms with Gasteiger partial charge in [0.2, 0.25) is 0 Å². The Balaban J connectivity index is 0. The fourth-order valence-electron chi connectivity index (χ4n) is 0. The first-order valence-corrected chi connectivity index (χ1v) is 0. The van der Waals surface area contributed by atoms with Gasteiger partial charge in [-0.1, -0.05) is 0 Å². The first-order chi connectivity index (χ1) is 0. The van der Waals surface area contributed by atoms with E-state index < -0.39 is 0 Å². The molecule has 0 saturated carbocycles. The van der Waals surface area contributed by atoms with Gasteiger partial charge in [0.1, 0.15) is 17.4 Å². The molecule has 63 valence electrons. The van der Waals surface area contributed by atoms with Crippen molar-refractivity contribution in [2.24, 2.45) is 0 Å². The molecule has 0 spiro atoms. The Kier molecular flexibility index (Phi) is 663. The molecule has 0 aromatic heterocycles. The fraction of sp³-hybridized carbons (Fsp3) is 0. The molecule has 0 aromatic carbocycles. The van der Waals surface area contributed by atoms with E-state index in [1.54, 1.807) is 0 Å². The van der Waals surface area contributed by atoms with Gasteiger partial charge in [0.05, 0.1) is 0 Å². The molecule has 0 aliphatic carbocycles. The van der Waals surface area contributed by atoms with E-state index in [1.807, 2.05) is 0 Å². The predicted octanol–water partition coefficient (Wildman–Crippen LogP) is -2.16. The van der Waals surface area contributed by atoms with E-state index in [4.69, 9.17) is 0 Å². The smallest absolute Gasteiger partial charge is 1.00 e. The fourth-order valence-corrected chi connectivity index (χ4v) is 0. The molecule has 5 radical (unpaired) electrons. The molecule has 0 atom stereocenters. The molecule has 0 amide bonds. The maximum atomic E-state index is 0. The van der Waals surface area contributed by atoms with E-state index in [0.29, 0.717) is 0 Å². The predicted molar refractivity (Wildman–Crippen MR) is 33.0 cm³/mol. The monoisotopic (exact) mass is 612 g/mol. The molecule has 0 aromatic rings. The largest absolute Gasteiger partial charge is 2.00 e. The van der Waals surface area contributed by atoms with Crippen molar-refractivity contribution in [1.82, 2.24) is 0 Å².